The summed E-state index contributed by atoms with van der Waals surface area (Å²) in [6.45, 7) is 2.26. The molecule has 10 rings (SSSR count). The molecule has 4 heterocycles. The third-order valence-electron chi connectivity index (χ3n) is 9.46. The van der Waals surface area contributed by atoms with Gasteiger partial charge in [-0.2, -0.15) is 0 Å². The Morgan fingerprint density at radius 3 is 2.52 bits per heavy atom. The third kappa shape index (κ3) is 3.36. The second-order valence-corrected chi connectivity index (χ2v) is 13.3. The number of nitrogens with zero attached hydrogens (tertiary/aromatic N) is 2. The van der Waals surface area contributed by atoms with Crippen molar-refractivity contribution in [3.05, 3.63) is 132 Å². The van der Waals surface area contributed by atoms with Gasteiger partial charge in [-0.05, 0) is 48.2 Å². The first-order chi connectivity index (χ1) is 21.7. The van der Waals surface area contributed by atoms with Crippen molar-refractivity contribution in [2.24, 2.45) is 10.9 Å². The van der Waals surface area contributed by atoms with Gasteiger partial charge in [0, 0.05) is 53.4 Å². The van der Waals surface area contributed by atoms with Crippen LogP contribution < -0.4 is 10.6 Å². The molecule has 0 bridgehead atoms. The van der Waals surface area contributed by atoms with Gasteiger partial charge in [-0.25, -0.2) is 0 Å². The molecule has 4 nitrogen and oxygen atoms in total. The van der Waals surface area contributed by atoms with Gasteiger partial charge in [0.05, 0.1) is 28.1 Å². The van der Waals surface area contributed by atoms with Gasteiger partial charge in [0.25, 0.3) is 0 Å². The Hall–Kier alpha value is -5.13. The number of aliphatic imine (C=N–C) groups is 1. The van der Waals surface area contributed by atoms with Gasteiger partial charge in [-0.3, -0.25) is 4.99 Å². The summed E-state index contributed by atoms with van der Waals surface area (Å²) in [5.74, 6) is 0.499. The second-order valence-electron chi connectivity index (χ2n) is 12.2. The Kier molecular flexibility index (Phi) is 4.94. The van der Waals surface area contributed by atoms with E-state index in [1.165, 1.54) is 64.4 Å². The highest BCUT2D eigenvalue weighted by molar-refractivity contribution is 7.25. The normalized spacial score (nSPS) is 18.6. The number of rotatable bonds is 3. The fourth-order valence-electron chi connectivity index (χ4n) is 7.51. The predicted octanol–water partition coefficient (Wildman–Crippen LogP) is 10.3. The minimum absolute atomic E-state index is 0.0585. The van der Waals surface area contributed by atoms with Gasteiger partial charge in [0.2, 0.25) is 0 Å². The molecule has 2 atom stereocenters. The highest BCUT2D eigenvalue weighted by atomic mass is 32.1. The van der Waals surface area contributed by atoms with E-state index in [-0.39, 0.29) is 6.17 Å². The number of thiophene rings is 1. The molecular formula is C39H28N4S. The average Bonchev–Trinajstić information content (AvgIpc) is 3.70. The Morgan fingerprint density at radius 2 is 1.59 bits per heavy atom. The molecule has 3 aliphatic rings. The standard InChI is InChI=1S/C39H28N4S/c1-22-14-18-30-32(20-22)41-36-29-12-7-11-27-28-17-19-31(40-24-15-16-26-25-10-5-6-13-33(25)44-34(26)21-24)35(23-8-3-2-4-9-23)38(28)43(37(27)29)39(36)42-30/h2-19,21-22,39-40,42H,20H2,1H3. The Bertz CT molecular complexity index is 2440. The average molecular weight is 585 g/mol. The summed E-state index contributed by atoms with van der Waals surface area (Å²) in [5, 5.41) is 12.9. The van der Waals surface area contributed by atoms with E-state index in [4.69, 9.17) is 4.99 Å². The second kappa shape index (κ2) is 8.94. The van der Waals surface area contributed by atoms with Crippen LogP contribution in [0.4, 0.5) is 11.4 Å². The number of para-hydroxylation sites is 1. The molecule has 2 N–H and O–H groups in total. The highest BCUT2D eigenvalue weighted by Crippen LogP contribution is 2.48. The zero-order chi connectivity index (χ0) is 28.9. The van der Waals surface area contributed by atoms with E-state index in [1.54, 1.807) is 0 Å². The van der Waals surface area contributed by atoms with Crippen molar-refractivity contribution in [2.45, 2.75) is 19.5 Å². The fraction of sp³-hybridized carbons (Fsp3) is 0.103. The minimum atomic E-state index is -0.0585. The van der Waals surface area contributed by atoms with E-state index in [0.717, 1.165) is 29.2 Å². The molecule has 2 unspecified atom stereocenters. The van der Waals surface area contributed by atoms with Crippen LogP contribution in [0, 0.1) is 5.92 Å². The van der Waals surface area contributed by atoms with Crippen molar-refractivity contribution in [1.82, 2.24) is 9.88 Å². The van der Waals surface area contributed by atoms with E-state index >= 15 is 0 Å². The number of anilines is 2. The Labute approximate surface area is 258 Å². The monoisotopic (exact) mass is 584 g/mol. The molecule has 0 amide bonds. The Balaban J connectivity index is 1.20. The maximum atomic E-state index is 5.32. The van der Waals surface area contributed by atoms with Crippen LogP contribution >= 0.6 is 11.3 Å². The molecule has 2 aliphatic heterocycles. The Morgan fingerprint density at radius 1 is 0.795 bits per heavy atom. The maximum Gasteiger partial charge on any atom is 0.148 e. The maximum absolute atomic E-state index is 5.32. The summed E-state index contributed by atoms with van der Waals surface area (Å²) in [7, 11) is 0. The van der Waals surface area contributed by atoms with Gasteiger partial charge in [-0.15, -0.1) is 11.3 Å². The number of benzene rings is 5. The smallest absolute Gasteiger partial charge is 0.148 e. The SMILES string of the molecule is CC1C=CC2=C(C1)N=C1c3cccc4c5ccc(Nc6ccc7c(c6)sc6ccccc67)c(-c6ccccc6)c5n(c34)C1N2. The first kappa shape index (κ1) is 24.3. The number of nitrogens with one attached hydrogen (secondary N) is 2. The summed E-state index contributed by atoms with van der Waals surface area (Å²) in [6, 6.07) is 37.5. The van der Waals surface area contributed by atoms with Gasteiger partial charge in [-0.1, -0.05) is 91.9 Å². The van der Waals surface area contributed by atoms with Gasteiger partial charge < -0.3 is 15.2 Å². The molecule has 5 aromatic carbocycles. The molecule has 7 aromatic rings. The number of hydrogen-bond acceptors (Lipinski definition) is 4. The number of fused-ring (bicyclic) bond motifs is 9. The van der Waals surface area contributed by atoms with Crippen molar-refractivity contribution < 1.29 is 0 Å². The molecule has 5 heteroatoms. The lowest BCUT2D eigenvalue weighted by molar-refractivity contribution is 0.574. The summed E-state index contributed by atoms with van der Waals surface area (Å²) in [5.41, 5.74) is 11.7. The van der Waals surface area contributed by atoms with E-state index in [9.17, 15) is 0 Å². The molecule has 44 heavy (non-hydrogen) atoms. The van der Waals surface area contributed by atoms with Crippen LogP contribution in [0.5, 0.6) is 0 Å². The van der Waals surface area contributed by atoms with Gasteiger partial charge in [0.1, 0.15) is 6.17 Å². The quantitative estimate of drug-likeness (QED) is 0.217. The zero-order valence-corrected chi connectivity index (χ0v) is 25.0. The first-order valence-electron chi connectivity index (χ1n) is 15.3. The van der Waals surface area contributed by atoms with Crippen molar-refractivity contribution in [3.8, 4) is 11.1 Å². The number of aromatic nitrogens is 1. The van der Waals surface area contributed by atoms with Gasteiger partial charge >= 0.3 is 0 Å². The highest BCUT2D eigenvalue weighted by Gasteiger charge is 2.37. The zero-order valence-electron chi connectivity index (χ0n) is 24.1. The van der Waals surface area contributed by atoms with Crippen LogP contribution in [-0.4, -0.2) is 10.3 Å². The molecule has 2 aromatic heterocycles. The van der Waals surface area contributed by atoms with Crippen molar-refractivity contribution >= 4 is 70.4 Å². The van der Waals surface area contributed by atoms with E-state index in [0.29, 0.717) is 5.92 Å². The first-order valence-corrected chi connectivity index (χ1v) is 16.1. The summed E-state index contributed by atoms with van der Waals surface area (Å²) < 4.78 is 5.13. The van der Waals surface area contributed by atoms with E-state index in [2.05, 4.69) is 137 Å². The van der Waals surface area contributed by atoms with Crippen LogP contribution in [-0.2, 0) is 0 Å². The van der Waals surface area contributed by atoms with Gasteiger partial charge in [0.15, 0.2) is 0 Å². The largest absolute Gasteiger partial charge is 0.358 e. The minimum Gasteiger partial charge on any atom is -0.358 e. The molecule has 0 saturated heterocycles. The van der Waals surface area contributed by atoms with Crippen LogP contribution in [0.3, 0.4) is 0 Å². The summed E-state index contributed by atoms with van der Waals surface area (Å²) in [6.07, 6.45) is 5.43. The lowest BCUT2D eigenvalue weighted by atomic mass is 9.95. The molecule has 0 spiro atoms. The summed E-state index contributed by atoms with van der Waals surface area (Å²) in [4.78, 5) is 5.32. The van der Waals surface area contributed by atoms with Crippen LogP contribution in [0.15, 0.2) is 132 Å². The lowest BCUT2D eigenvalue weighted by Gasteiger charge is -2.29. The van der Waals surface area contributed by atoms with E-state index in [1.807, 2.05) is 11.3 Å². The van der Waals surface area contributed by atoms with E-state index < -0.39 is 0 Å². The molecule has 210 valence electrons. The van der Waals surface area contributed by atoms with Crippen molar-refractivity contribution in [2.75, 3.05) is 5.32 Å². The third-order valence-corrected chi connectivity index (χ3v) is 10.6. The molecule has 1 aliphatic carbocycles. The van der Waals surface area contributed by atoms with Crippen LogP contribution in [0.2, 0.25) is 0 Å². The summed E-state index contributed by atoms with van der Waals surface area (Å²) >= 11 is 1.85. The number of hydrogen-bond donors (Lipinski definition) is 2. The van der Waals surface area contributed by atoms with Crippen molar-refractivity contribution in [1.29, 1.82) is 0 Å². The predicted molar refractivity (Wildman–Crippen MR) is 186 cm³/mol. The number of allylic oxidation sites excluding steroid dienone is 3. The molecule has 0 fully saturated rings. The molecule has 0 radical (unpaired) electrons. The van der Waals surface area contributed by atoms with Crippen molar-refractivity contribution in [3.63, 3.8) is 0 Å². The van der Waals surface area contributed by atoms with Crippen LogP contribution in [0.25, 0.3) is 53.1 Å². The van der Waals surface area contributed by atoms with Crippen LogP contribution in [0.1, 0.15) is 25.1 Å². The molecule has 0 saturated carbocycles. The fourth-order valence-corrected chi connectivity index (χ4v) is 8.66. The molecular weight excluding hydrogens is 557 g/mol. The lowest BCUT2D eigenvalue weighted by Crippen LogP contribution is -2.34. The topological polar surface area (TPSA) is 41.4 Å².